The first-order valence-corrected chi connectivity index (χ1v) is 3.51. The van der Waals surface area contributed by atoms with Crippen LogP contribution in [0.1, 0.15) is 33.6 Å². The largest absolute Gasteiger partial charge is 0.390 e. The van der Waals surface area contributed by atoms with Crippen LogP contribution in [0.5, 0.6) is 0 Å². The fourth-order valence-corrected chi connectivity index (χ4v) is 0.575. The maximum Gasteiger partial charge on any atom is 0.0621 e. The van der Waals surface area contributed by atoms with Crippen LogP contribution in [-0.2, 0) is 0 Å². The molecular formula is C8H17O2. The van der Waals surface area contributed by atoms with E-state index < -0.39 is 11.2 Å². The fourth-order valence-electron chi connectivity index (χ4n) is 0.575. The third-order valence-corrected chi connectivity index (χ3v) is 1.28. The van der Waals surface area contributed by atoms with E-state index >= 15 is 0 Å². The molecule has 1 atom stereocenters. The topological polar surface area (TPSA) is 40.5 Å². The Balaban J connectivity index is 3.56. The Labute approximate surface area is 62.9 Å². The van der Waals surface area contributed by atoms with Gasteiger partial charge in [-0.15, -0.1) is 0 Å². The van der Waals surface area contributed by atoms with Crippen LogP contribution in [0.4, 0.5) is 0 Å². The van der Waals surface area contributed by atoms with E-state index in [0.29, 0.717) is 12.8 Å². The van der Waals surface area contributed by atoms with E-state index in [4.69, 9.17) is 5.11 Å². The first kappa shape index (κ1) is 9.92. The van der Waals surface area contributed by atoms with E-state index in [2.05, 4.69) is 6.92 Å². The first-order valence-electron chi connectivity index (χ1n) is 3.51. The predicted molar refractivity (Wildman–Crippen MR) is 41.5 cm³/mol. The number of hydrogen-bond acceptors (Lipinski definition) is 2. The van der Waals surface area contributed by atoms with Crippen LogP contribution in [-0.4, -0.2) is 21.4 Å². The normalized spacial score (nSPS) is 13.8. The van der Waals surface area contributed by atoms with Crippen LogP contribution in [0.2, 0.25) is 0 Å². The maximum absolute atomic E-state index is 9.24. The molecule has 0 aliphatic heterocycles. The van der Waals surface area contributed by atoms with Gasteiger partial charge in [-0.25, -0.2) is 0 Å². The molecule has 0 aliphatic rings. The minimum atomic E-state index is -0.903. The molecule has 2 nitrogen and oxygen atoms in total. The zero-order valence-corrected chi connectivity index (χ0v) is 7.02. The van der Waals surface area contributed by atoms with Gasteiger partial charge >= 0.3 is 0 Å². The highest BCUT2D eigenvalue weighted by Crippen LogP contribution is 2.17. The molecule has 2 heteroatoms. The van der Waals surface area contributed by atoms with E-state index in [0.717, 1.165) is 0 Å². The van der Waals surface area contributed by atoms with Crippen LogP contribution in [0.25, 0.3) is 0 Å². The van der Waals surface area contributed by atoms with Gasteiger partial charge in [0, 0.05) is 0 Å². The second kappa shape index (κ2) is 2.89. The summed E-state index contributed by atoms with van der Waals surface area (Å²) in [5.74, 6) is 0. The van der Waals surface area contributed by atoms with E-state index in [9.17, 15) is 5.11 Å². The van der Waals surface area contributed by atoms with Crippen LogP contribution in [0.3, 0.4) is 0 Å². The molecule has 61 valence electrons. The van der Waals surface area contributed by atoms with Crippen LogP contribution in [0.15, 0.2) is 0 Å². The molecule has 0 saturated carbocycles. The van der Waals surface area contributed by atoms with Crippen molar-refractivity contribution in [3.63, 3.8) is 0 Å². The lowest BCUT2D eigenvalue weighted by Gasteiger charge is -2.22. The van der Waals surface area contributed by atoms with Gasteiger partial charge in [-0.05, 0) is 40.5 Å². The predicted octanol–water partition coefficient (Wildman–Crippen LogP) is 1.12. The highest BCUT2D eigenvalue weighted by molar-refractivity contribution is 4.78. The van der Waals surface area contributed by atoms with Crippen molar-refractivity contribution in [1.82, 2.24) is 0 Å². The molecule has 1 radical (unpaired) electrons. The zero-order chi connectivity index (χ0) is 8.41. The summed E-state index contributed by atoms with van der Waals surface area (Å²) in [5.41, 5.74) is -1.60. The van der Waals surface area contributed by atoms with Crippen LogP contribution in [0, 0.1) is 6.92 Å². The summed E-state index contributed by atoms with van der Waals surface area (Å²) in [6, 6.07) is 0. The molecule has 0 amide bonds. The van der Waals surface area contributed by atoms with Gasteiger partial charge in [0.1, 0.15) is 0 Å². The highest BCUT2D eigenvalue weighted by Gasteiger charge is 2.19. The zero-order valence-electron chi connectivity index (χ0n) is 7.02. The van der Waals surface area contributed by atoms with Gasteiger partial charge in [0.15, 0.2) is 0 Å². The van der Waals surface area contributed by atoms with Gasteiger partial charge in [-0.2, -0.15) is 0 Å². The number of aliphatic hydroxyl groups is 2. The lowest BCUT2D eigenvalue weighted by atomic mass is 9.94. The fraction of sp³-hybridized carbons (Fsp3) is 0.875. The molecule has 2 N–H and O–H groups in total. The molecule has 0 bridgehead atoms. The summed E-state index contributed by atoms with van der Waals surface area (Å²) >= 11 is 0. The average Bonchev–Trinajstić information content (AvgIpc) is 1.57. The molecule has 0 aliphatic carbocycles. The van der Waals surface area contributed by atoms with Crippen molar-refractivity contribution in [2.24, 2.45) is 0 Å². The van der Waals surface area contributed by atoms with Crippen LogP contribution < -0.4 is 0 Å². The van der Waals surface area contributed by atoms with E-state index in [-0.39, 0.29) is 0 Å². The number of rotatable bonds is 3. The van der Waals surface area contributed by atoms with Gasteiger partial charge in [0.05, 0.1) is 11.2 Å². The van der Waals surface area contributed by atoms with Gasteiger partial charge in [0.25, 0.3) is 0 Å². The van der Waals surface area contributed by atoms with Gasteiger partial charge in [-0.3, -0.25) is 0 Å². The Morgan fingerprint density at radius 2 is 1.50 bits per heavy atom. The average molecular weight is 145 g/mol. The Hall–Kier alpha value is -0.0800. The smallest absolute Gasteiger partial charge is 0.0621 e. The molecule has 0 fully saturated rings. The van der Waals surface area contributed by atoms with Crippen molar-refractivity contribution < 1.29 is 10.2 Å². The molecule has 0 rings (SSSR count). The lowest BCUT2D eigenvalue weighted by molar-refractivity contribution is 0.0292. The van der Waals surface area contributed by atoms with Crippen molar-refractivity contribution in [2.75, 3.05) is 0 Å². The van der Waals surface area contributed by atoms with Crippen molar-refractivity contribution >= 4 is 0 Å². The standard InChI is InChI=1S/C8H17O2/c1-7(2,9)5-6-8(3,4)10/h9-10H,1,5-6H2,2-4H3. The molecule has 0 aromatic rings. The first-order chi connectivity index (χ1) is 4.21. The van der Waals surface area contributed by atoms with Crippen molar-refractivity contribution in [1.29, 1.82) is 0 Å². The lowest BCUT2D eigenvalue weighted by Crippen LogP contribution is -2.26. The second-order valence-electron chi connectivity index (χ2n) is 3.81. The molecule has 0 heterocycles. The summed E-state index contributed by atoms with van der Waals surface area (Å²) in [4.78, 5) is 0. The Kier molecular flexibility index (Phi) is 2.86. The van der Waals surface area contributed by atoms with Crippen molar-refractivity contribution in [3.05, 3.63) is 6.92 Å². The molecule has 10 heavy (non-hydrogen) atoms. The maximum atomic E-state index is 9.24. The number of hydrogen-bond donors (Lipinski definition) is 2. The monoisotopic (exact) mass is 145 g/mol. The van der Waals surface area contributed by atoms with E-state index in [1.54, 1.807) is 20.8 Å². The molecule has 0 saturated heterocycles. The minimum absolute atomic E-state index is 0.524. The third-order valence-electron chi connectivity index (χ3n) is 1.28. The third kappa shape index (κ3) is 7.92. The van der Waals surface area contributed by atoms with Crippen molar-refractivity contribution in [3.8, 4) is 0 Å². The second-order valence-corrected chi connectivity index (χ2v) is 3.81. The van der Waals surface area contributed by atoms with Gasteiger partial charge in [-0.1, -0.05) is 0 Å². The summed E-state index contributed by atoms with van der Waals surface area (Å²) in [6.07, 6.45) is 1.10. The van der Waals surface area contributed by atoms with Crippen LogP contribution >= 0.6 is 0 Å². The highest BCUT2D eigenvalue weighted by atomic mass is 16.3. The molecule has 1 unspecified atom stereocenters. The molecule has 0 spiro atoms. The van der Waals surface area contributed by atoms with Gasteiger partial charge in [0.2, 0.25) is 0 Å². The quantitative estimate of drug-likeness (QED) is 0.625. The molecule has 0 aromatic carbocycles. The Morgan fingerprint density at radius 3 is 1.60 bits per heavy atom. The Morgan fingerprint density at radius 1 is 1.10 bits per heavy atom. The summed E-state index contributed by atoms with van der Waals surface area (Å²) in [7, 11) is 0. The molecule has 0 aromatic heterocycles. The van der Waals surface area contributed by atoms with E-state index in [1.165, 1.54) is 0 Å². The summed E-state index contributed by atoms with van der Waals surface area (Å²) < 4.78 is 0. The van der Waals surface area contributed by atoms with E-state index in [1.807, 2.05) is 0 Å². The molecular weight excluding hydrogens is 128 g/mol. The summed E-state index contributed by atoms with van der Waals surface area (Å²) in [5, 5.41) is 18.4. The minimum Gasteiger partial charge on any atom is -0.390 e. The van der Waals surface area contributed by atoms with Gasteiger partial charge < -0.3 is 10.2 Å². The SMILES string of the molecule is [CH2]C(C)(O)CCC(C)(C)O. The Bertz CT molecular complexity index is 80.8. The van der Waals surface area contributed by atoms with Crippen molar-refractivity contribution in [2.45, 2.75) is 44.8 Å². The summed E-state index contributed by atoms with van der Waals surface area (Å²) in [6.45, 7) is 8.60.